The number of halogens is 1. The predicted molar refractivity (Wildman–Crippen MR) is 137 cm³/mol. The standard InChI is InChI=1S/C24H30BrN7/c1-14-10-17(25)11-15(2)22(14)32-23-20(21(28-4)24(32)29-5)18(12-19(27-3)30-23)31-8-6-16(13-26)7-9-31/h10-12,16,28-29H,6-9H2,1-5H3,(H,27,30). The van der Waals surface area contributed by atoms with Gasteiger partial charge in [0.15, 0.2) is 5.65 Å². The Hall–Kier alpha value is -2.92. The van der Waals surface area contributed by atoms with Crippen molar-refractivity contribution in [3.05, 3.63) is 33.8 Å². The van der Waals surface area contributed by atoms with Gasteiger partial charge in [0.05, 0.1) is 28.5 Å². The largest absolute Gasteiger partial charge is 0.385 e. The first-order valence-electron chi connectivity index (χ1n) is 11.0. The van der Waals surface area contributed by atoms with E-state index in [4.69, 9.17) is 4.98 Å². The summed E-state index contributed by atoms with van der Waals surface area (Å²) < 4.78 is 3.29. The summed E-state index contributed by atoms with van der Waals surface area (Å²) >= 11 is 3.63. The van der Waals surface area contributed by atoms with Gasteiger partial charge in [0.1, 0.15) is 11.6 Å². The highest BCUT2D eigenvalue weighted by Gasteiger charge is 2.27. The number of rotatable bonds is 5. The van der Waals surface area contributed by atoms with Crippen LogP contribution >= 0.6 is 15.9 Å². The highest BCUT2D eigenvalue weighted by atomic mass is 79.9. The molecule has 32 heavy (non-hydrogen) atoms. The van der Waals surface area contributed by atoms with E-state index in [2.05, 4.69) is 79.5 Å². The van der Waals surface area contributed by atoms with Crippen LogP contribution in [0.3, 0.4) is 0 Å². The topological polar surface area (TPSA) is 80.9 Å². The second-order valence-corrected chi connectivity index (χ2v) is 9.23. The van der Waals surface area contributed by atoms with Crippen LogP contribution in [-0.4, -0.2) is 43.8 Å². The summed E-state index contributed by atoms with van der Waals surface area (Å²) in [6.07, 6.45) is 1.77. The molecule has 0 amide bonds. The number of hydrogen-bond acceptors (Lipinski definition) is 6. The van der Waals surface area contributed by atoms with Gasteiger partial charge in [0.25, 0.3) is 0 Å². The second kappa shape index (κ2) is 8.91. The summed E-state index contributed by atoms with van der Waals surface area (Å²) in [6, 6.07) is 8.85. The van der Waals surface area contributed by atoms with Gasteiger partial charge in [0, 0.05) is 50.7 Å². The highest BCUT2D eigenvalue weighted by molar-refractivity contribution is 9.10. The van der Waals surface area contributed by atoms with Gasteiger partial charge in [-0.15, -0.1) is 0 Å². The van der Waals surface area contributed by atoms with Gasteiger partial charge < -0.3 is 20.9 Å². The van der Waals surface area contributed by atoms with E-state index in [1.165, 1.54) is 11.1 Å². The summed E-state index contributed by atoms with van der Waals surface area (Å²) in [4.78, 5) is 7.41. The molecule has 3 aromatic rings. The van der Waals surface area contributed by atoms with Gasteiger partial charge >= 0.3 is 0 Å². The smallest absolute Gasteiger partial charge is 0.152 e. The van der Waals surface area contributed by atoms with E-state index < -0.39 is 0 Å². The van der Waals surface area contributed by atoms with Crippen LogP contribution in [0.4, 0.5) is 23.0 Å². The van der Waals surface area contributed by atoms with Crippen LogP contribution in [0.25, 0.3) is 16.7 Å². The minimum absolute atomic E-state index is 0.140. The molecule has 0 radical (unpaired) electrons. The fourth-order valence-corrected chi connectivity index (χ4v) is 5.52. The van der Waals surface area contributed by atoms with Crippen LogP contribution in [0.2, 0.25) is 0 Å². The zero-order chi connectivity index (χ0) is 23.0. The van der Waals surface area contributed by atoms with E-state index in [0.717, 1.165) is 70.1 Å². The Morgan fingerprint density at radius 1 is 1.03 bits per heavy atom. The molecule has 3 N–H and O–H groups in total. The summed E-state index contributed by atoms with van der Waals surface area (Å²) in [7, 11) is 5.81. The number of anilines is 4. The number of nitriles is 1. The first kappa shape index (κ1) is 22.3. The highest BCUT2D eigenvalue weighted by Crippen LogP contribution is 2.44. The number of pyridine rings is 1. The Balaban J connectivity index is 2.04. The SMILES string of the molecule is CNc1cc(N2CCC(C#N)CC2)c2c(NC)c(NC)n(-c3c(C)cc(Br)cc3C)c2n1. The molecule has 0 aliphatic carbocycles. The number of nitrogens with one attached hydrogen (secondary N) is 3. The molecule has 1 aromatic carbocycles. The van der Waals surface area contributed by atoms with Crippen molar-refractivity contribution < 1.29 is 0 Å². The number of hydrogen-bond donors (Lipinski definition) is 3. The van der Waals surface area contributed by atoms with Crippen molar-refractivity contribution in [3.63, 3.8) is 0 Å². The second-order valence-electron chi connectivity index (χ2n) is 8.31. The third-order valence-corrected chi connectivity index (χ3v) is 6.80. The number of benzene rings is 1. The van der Waals surface area contributed by atoms with E-state index in [0.29, 0.717) is 0 Å². The van der Waals surface area contributed by atoms with Crippen molar-refractivity contribution in [2.45, 2.75) is 26.7 Å². The molecule has 1 aliphatic rings. The summed E-state index contributed by atoms with van der Waals surface area (Å²) in [5.74, 6) is 1.94. The van der Waals surface area contributed by atoms with Crippen molar-refractivity contribution in [1.82, 2.24) is 9.55 Å². The molecule has 0 bridgehead atoms. The number of nitrogens with zero attached hydrogens (tertiary/aromatic N) is 4. The molecule has 8 heteroatoms. The molecule has 1 fully saturated rings. The van der Waals surface area contributed by atoms with Crippen molar-refractivity contribution in [1.29, 1.82) is 5.26 Å². The number of fused-ring (bicyclic) bond motifs is 1. The molecule has 4 rings (SSSR count). The summed E-state index contributed by atoms with van der Waals surface area (Å²) in [6.45, 7) is 5.99. The zero-order valence-electron chi connectivity index (χ0n) is 19.3. The maximum absolute atomic E-state index is 9.34. The molecule has 1 saturated heterocycles. The minimum atomic E-state index is 0.140. The molecule has 3 heterocycles. The van der Waals surface area contributed by atoms with Gasteiger partial charge in [-0.1, -0.05) is 15.9 Å². The molecule has 1 aliphatic heterocycles. The quantitative estimate of drug-likeness (QED) is 0.447. The van der Waals surface area contributed by atoms with Crippen LogP contribution in [0.1, 0.15) is 24.0 Å². The van der Waals surface area contributed by atoms with Gasteiger partial charge in [-0.25, -0.2) is 4.98 Å². The molecule has 168 valence electrons. The maximum Gasteiger partial charge on any atom is 0.152 e. The lowest BCUT2D eigenvalue weighted by Crippen LogP contribution is -2.33. The normalized spacial score (nSPS) is 14.5. The fourth-order valence-electron chi connectivity index (χ4n) is 4.84. The summed E-state index contributed by atoms with van der Waals surface area (Å²) in [5.41, 5.74) is 6.52. The molecule has 7 nitrogen and oxygen atoms in total. The van der Waals surface area contributed by atoms with Gasteiger partial charge in [0.2, 0.25) is 0 Å². The third kappa shape index (κ3) is 3.65. The number of piperidine rings is 1. The van der Waals surface area contributed by atoms with E-state index in [-0.39, 0.29) is 5.92 Å². The van der Waals surface area contributed by atoms with Crippen LogP contribution in [0, 0.1) is 31.1 Å². The van der Waals surface area contributed by atoms with Crippen LogP contribution in [0.15, 0.2) is 22.7 Å². The lowest BCUT2D eigenvalue weighted by Gasteiger charge is -2.32. The Bertz CT molecular complexity index is 1180. The molecule has 0 spiro atoms. The number of aromatic nitrogens is 2. The molecular weight excluding hydrogens is 466 g/mol. The molecule has 2 aromatic heterocycles. The van der Waals surface area contributed by atoms with Gasteiger partial charge in [-0.3, -0.25) is 4.57 Å². The first-order chi connectivity index (χ1) is 15.4. The Kier molecular flexibility index (Phi) is 6.20. The van der Waals surface area contributed by atoms with E-state index in [9.17, 15) is 5.26 Å². The fraction of sp³-hybridized carbons (Fsp3) is 0.417. The van der Waals surface area contributed by atoms with E-state index in [1.807, 2.05) is 21.1 Å². The lowest BCUT2D eigenvalue weighted by molar-refractivity contribution is 0.488. The number of aryl methyl sites for hydroxylation is 2. The average Bonchev–Trinajstić information content (AvgIpc) is 3.11. The molecule has 0 unspecified atom stereocenters. The van der Waals surface area contributed by atoms with Gasteiger partial charge in [-0.05, 0) is 49.9 Å². The minimum Gasteiger partial charge on any atom is -0.385 e. The maximum atomic E-state index is 9.34. The van der Waals surface area contributed by atoms with Crippen LogP contribution < -0.4 is 20.9 Å². The first-order valence-corrected chi connectivity index (χ1v) is 11.8. The summed E-state index contributed by atoms with van der Waals surface area (Å²) in [5, 5.41) is 20.5. The van der Waals surface area contributed by atoms with Crippen LogP contribution in [0.5, 0.6) is 0 Å². The average molecular weight is 496 g/mol. The Morgan fingerprint density at radius 3 is 2.22 bits per heavy atom. The van der Waals surface area contributed by atoms with E-state index >= 15 is 0 Å². The van der Waals surface area contributed by atoms with Crippen molar-refractivity contribution in [2.24, 2.45) is 5.92 Å². The van der Waals surface area contributed by atoms with Crippen molar-refractivity contribution >= 4 is 50.0 Å². The van der Waals surface area contributed by atoms with Crippen molar-refractivity contribution in [2.75, 3.05) is 55.1 Å². The Morgan fingerprint density at radius 2 is 1.69 bits per heavy atom. The monoisotopic (exact) mass is 495 g/mol. The molecular formula is C24H30BrN7. The lowest BCUT2D eigenvalue weighted by atomic mass is 9.98. The third-order valence-electron chi connectivity index (χ3n) is 6.34. The molecule has 0 saturated carbocycles. The Labute approximate surface area is 197 Å². The zero-order valence-corrected chi connectivity index (χ0v) is 20.9. The van der Waals surface area contributed by atoms with Crippen LogP contribution in [-0.2, 0) is 0 Å². The molecule has 0 atom stereocenters. The van der Waals surface area contributed by atoms with Gasteiger partial charge in [-0.2, -0.15) is 5.26 Å². The predicted octanol–water partition coefficient (Wildman–Crippen LogP) is 5.27. The van der Waals surface area contributed by atoms with E-state index in [1.54, 1.807) is 0 Å². The van der Waals surface area contributed by atoms with Crippen molar-refractivity contribution in [3.8, 4) is 11.8 Å².